The predicted octanol–water partition coefficient (Wildman–Crippen LogP) is 1.60. The highest BCUT2D eigenvalue weighted by Gasteiger charge is 1.82. The molecular weight excluding hydrogens is 146 g/mol. The Morgan fingerprint density at radius 2 is 1.83 bits per heavy atom. The van der Waals surface area contributed by atoms with Crippen molar-refractivity contribution in [1.82, 2.24) is 4.90 Å². The first kappa shape index (κ1) is 8.83. The van der Waals surface area contributed by atoms with Gasteiger partial charge in [0.15, 0.2) is 0 Å². The largest absolute Gasteiger partial charge is 0.299 e. The van der Waals surface area contributed by atoms with Gasteiger partial charge in [-0.3, -0.25) is 4.90 Å². The highest BCUT2D eigenvalue weighted by molar-refractivity contribution is 5.33. The van der Waals surface area contributed by atoms with E-state index in [4.69, 9.17) is 0 Å². The Morgan fingerprint density at radius 1 is 1.17 bits per heavy atom. The lowest BCUT2D eigenvalue weighted by molar-refractivity contribution is 0.464. The molecule has 0 saturated heterocycles. The van der Waals surface area contributed by atoms with Gasteiger partial charge in [0, 0.05) is 5.56 Å². The van der Waals surface area contributed by atoms with Gasteiger partial charge in [0.05, 0.1) is 6.54 Å². The lowest BCUT2D eigenvalue weighted by Crippen LogP contribution is -2.10. The second-order valence-corrected chi connectivity index (χ2v) is 2.91. The Morgan fingerprint density at radius 3 is 2.42 bits per heavy atom. The van der Waals surface area contributed by atoms with Gasteiger partial charge in [0.1, 0.15) is 0 Å². The Labute approximate surface area is 74.0 Å². The topological polar surface area (TPSA) is 3.24 Å². The van der Waals surface area contributed by atoms with E-state index < -0.39 is 0 Å². The van der Waals surface area contributed by atoms with Gasteiger partial charge >= 0.3 is 0 Å². The molecule has 0 N–H and O–H groups in total. The summed E-state index contributed by atoms with van der Waals surface area (Å²) >= 11 is 0. The van der Waals surface area contributed by atoms with Crippen LogP contribution in [0.1, 0.15) is 5.56 Å². The maximum Gasteiger partial charge on any atom is 0.0600 e. The van der Waals surface area contributed by atoms with Gasteiger partial charge in [-0.1, -0.05) is 30.0 Å². The minimum Gasteiger partial charge on any atom is -0.299 e. The molecule has 0 unspecified atom stereocenters. The van der Waals surface area contributed by atoms with Crippen LogP contribution in [0.15, 0.2) is 30.3 Å². The molecule has 0 aliphatic rings. The van der Waals surface area contributed by atoms with Crippen LogP contribution >= 0.6 is 0 Å². The van der Waals surface area contributed by atoms with Crippen LogP contribution in [0.2, 0.25) is 0 Å². The van der Waals surface area contributed by atoms with Crippen molar-refractivity contribution in [2.45, 2.75) is 0 Å². The van der Waals surface area contributed by atoms with E-state index >= 15 is 0 Å². The zero-order valence-corrected chi connectivity index (χ0v) is 7.54. The van der Waals surface area contributed by atoms with Gasteiger partial charge in [-0.05, 0) is 26.2 Å². The van der Waals surface area contributed by atoms with Crippen LogP contribution in [-0.2, 0) is 0 Å². The molecule has 0 amide bonds. The van der Waals surface area contributed by atoms with Gasteiger partial charge in [-0.15, -0.1) is 0 Å². The second-order valence-electron chi connectivity index (χ2n) is 2.91. The van der Waals surface area contributed by atoms with Gasteiger partial charge in [0.2, 0.25) is 0 Å². The molecule has 1 rings (SSSR count). The standard InChI is InChI=1S/C11H13N/c1-12(2)10-6-9-11-7-4-3-5-8-11/h3-5,7-8H,10H2,1-2H3. The van der Waals surface area contributed by atoms with Crippen molar-refractivity contribution in [3.05, 3.63) is 35.9 Å². The van der Waals surface area contributed by atoms with Crippen LogP contribution in [0.3, 0.4) is 0 Å². The van der Waals surface area contributed by atoms with Gasteiger partial charge < -0.3 is 0 Å². The third-order valence-corrected chi connectivity index (χ3v) is 1.40. The summed E-state index contributed by atoms with van der Waals surface area (Å²) in [7, 11) is 4.03. The monoisotopic (exact) mass is 159 g/mol. The van der Waals surface area contributed by atoms with E-state index in [1.54, 1.807) is 0 Å². The van der Waals surface area contributed by atoms with Crippen molar-refractivity contribution < 1.29 is 0 Å². The smallest absolute Gasteiger partial charge is 0.0600 e. The normalized spacial score (nSPS) is 9.25. The fourth-order valence-electron chi connectivity index (χ4n) is 0.821. The lowest BCUT2D eigenvalue weighted by Gasteiger charge is -2.00. The van der Waals surface area contributed by atoms with Crippen molar-refractivity contribution in [2.75, 3.05) is 20.6 Å². The number of benzene rings is 1. The number of hydrogen-bond donors (Lipinski definition) is 0. The molecule has 1 nitrogen and oxygen atoms in total. The van der Waals surface area contributed by atoms with E-state index in [1.165, 1.54) is 0 Å². The fourth-order valence-corrected chi connectivity index (χ4v) is 0.821. The summed E-state index contributed by atoms with van der Waals surface area (Å²) in [6.45, 7) is 0.814. The van der Waals surface area contributed by atoms with E-state index in [1.807, 2.05) is 44.4 Å². The summed E-state index contributed by atoms with van der Waals surface area (Å²) < 4.78 is 0. The van der Waals surface area contributed by atoms with Crippen molar-refractivity contribution in [3.8, 4) is 11.8 Å². The summed E-state index contributed by atoms with van der Waals surface area (Å²) in [5.74, 6) is 6.16. The Bertz CT molecular complexity index is 277. The van der Waals surface area contributed by atoms with Crippen molar-refractivity contribution >= 4 is 0 Å². The van der Waals surface area contributed by atoms with Crippen molar-refractivity contribution in [2.24, 2.45) is 0 Å². The van der Waals surface area contributed by atoms with E-state index in [2.05, 4.69) is 16.7 Å². The van der Waals surface area contributed by atoms with E-state index in [0.29, 0.717) is 0 Å². The average Bonchev–Trinajstić information content (AvgIpc) is 2.05. The van der Waals surface area contributed by atoms with Crippen LogP contribution in [0.4, 0.5) is 0 Å². The SMILES string of the molecule is CN(C)CC#Cc1ccccc1. The zero-order chi connectivity index (χ0) is 8.81. The highest BCUT2D eigenvalue weighted by Crippen LogP contribution is 1.94. The zero-order valence-electron chi connectivity index (χ0n) is 7.54. The summed E-state index contributed by atoms with van der Waals surface area (Å²) in [5.41, 5.74) is 1.08. The average molecular weight is 159 g/mol. The first-order valence-corrected chi connectivity index (χ1v) is 3.97. The molecule has 0 heterocycles. The molecule has 0 fully saturated rings. The van der Waals surface area contributed by atoms with Crippen LogP contribution < -0.4 is 0 Å². The van der Waals surface area contributed by atoms with E-state index in [9.17, 15) is 0 Å². The number of rotatable bonds is 1. The minimum absolute atomic E-state index is 0.814. The molecule has 12 heavy (non-hydrogen) atoms. The molecule has 1 aromatic carbocycles. The van der Waals surface area contributed by atoms with Crippen LogP contribution in [-0.4, -0.2) is 25.5 Å². The first-order chi connectivity index (χ1) is 5.79. The summed E-state index contributed by atoms with van der Waals surface area (Å²) in [6.07, 6.45) is 0. The molecule has 0 spiro atoms. The third-order valence-electron chi connectivity index (χ3n) is 1.40. The number of nitrogens with zero attached hydrogens (tertiary/aromatic N) is 1. The quantitative estimate of drug-likeness (QED) is 0.563. The molecule has 0 radical (unpaired) electrons. The Kier molecular flexibility index (Phi) is 3.37. The maximum atomic E-state index is 3.08. The molecule has 62 valence electrons. The molecule has 0 aliphatic carbocycles. The van der Waals surface area contributed by atoms with Gasteiger partial charge in [-0.25, -0.2) is 0 Å². The van der Waals surface area contributed by atoms with Crippen LogP contribution in [0.25, 0.3) is 0 Å². The molecule has 0 aromatic heterocycles. The molecule has 0 bridgehead atoms. The minimum atomic E-state index is 0.814. The van der Waals surface area contributed by atoms with Gasteiger partial charge in [0.25, 0.3) is 0 Å². The molecule has 0 atom stereocenters. The van der Waals surface area contributed by atoms with Crippen molar-refractivity contribution in [1.29, 1.82) is 0 Å². The van der Waals surface area contributed by atoms with Crippen LogP contribution in [0.5, 0.6) is 0 Å². The second kappa shape index (κ2) is 4.58. The fraction of sp³-hybridized carbons (Fsp3) is 0.273. The molecule has 1 aromatic rings. The Balaban J connectivity index is 2.55. The maximum absolute atomic E-state index is 3.08. The first-order valence-electron chi connectivity index (χ1n) is 3.97. The van der Waals surface area contributed by atoms with Crippen molar-refractivity contribution in [3.63, 3.8) is 0 Å². The molecular formula is C11H13N. The molecule has 1 heteroatoms. The number of hydrogen-bond acceptors (Lipinski definition) is 1. The summed E-state index contributed by atoms with van der Waals surface area (Å²) in [6, 6.07) is 10.0. The molecule has 0 aliphatic heterocycles. The van der Waals surface area contributed by atoms with E-state index in [-0.39, 0.29) is 0 Å². The Hall–Kier alpha value is -1.26. The lowest BCUT2D eigenvalue weighted by atomic mass is 10.2. The van der Waals surface area contributed by atoms with Crippen LogP contribution in [0, 0.1) is 11.8 Å². The highest BCUT2D eigenvalue weighted by atomic mass is 15.0. The third kappa shape index (κ3) is 3.23. The summed E-state index contributed by atoms with van der Waals surface area (Å²) in [4.78, 5) is 2.05. The van der Waals surface area contributed by atoms with Gasteiger partial charge in [-0.2, -0.15) is 0 Å². The molecule has 0 saturated carbocycles. The summed E-state index contributed by atoms with van der Waals surface area (Å²) in [5, 5.41) is 0. The van der Waals surface area contributed by atoms with E-state index in [0.717, 1.165) is 12.1 Å². The predicted molar refractivity (Wildman–Crippen MR) is 51.9 cm³/mol.